The molecule has 0 bridgehead atoms. The van der Waals surface area contributed by atoms with Gasteiger partial charge in [0.05, 0.1) is 0 Å². The van der Waals surface area contributed by atoms with Gasteiger partial charge in [0.2, 0.25) is 11.7 Å². The van der Waals surface area contributed by atoms with Crippen LogP contribution in [0.3, 0.4) is 0 Å². The Labute approximate surface area is 89.0 Å². The molecule has 1 aliphatic rings. The molecule has 2 N–H and O–H groups in total. The van der Waals surface area contributed by atoms with E-state index >= 15 is 0 Å². The molecule has 84 valence electrons. The number of nitrogens with two attached hydrogens (primary N) is 1. The maximum atomic E-state index is 5.56. The van der Waals surface area contributed by atoms with E-state index in [-0.39, 0.29) is 5.60 Å². The Morgan fingerprint density at radius 1 is 1.47 bits per heavy atom. The fourth-order valence-corrected chi connectivity index (χ4v) is 2.13. The first-order chi connectivity index (χ1) is 7.30. The molecule has 2 rings (SSSR count). The Kier molecular flexibility index (Phi) is 3.02. The molecular weight excluding hydrogens is 194 g/mol. The molecule has 1 aliphatic carbocycles. The highest BCUT2D eigenvalue weighted by Gasteiger charge is 2.40. The van der Waals surface area contributed by atoms with Gasteiger partial charge in [0.15, 0.2) is 0 Å². The third-order valence-corrected chi connectivity index (χ3v) is 3.04. The maximum absolute atomic E-state index is 5.56. The molecule has 5 nitrogen and oxygen atoms in total. The van der Waals surface area contributed by atoms with E-state index in [1.807, 2.05) is 0 Å². The molecule has 1 heterocycles. The molecular formula is C10H17N3O2. The Bertz CT molecular complexity index is 318. The first-order valence-corrected chi connectivity index (χ1v) is 5.39. The minimum absolute atomic E-state index is 0.309. The van der Waals surface area contributed by atoms with Gasteiger partial charge in [0.25, 0.3) is 0 Å². The lowest BCUT2D eigenvalue weighted by atomic mass is 10.0. The van der Waals surface area contributed by atoms with Crippen LogP contribution in [0.5, 0.6) is 0 Å². The largest absolute Gasteiger partial charge is 0.370 e. The van der Waals surface area contributed by atoms with Gasteiger partial charge in [-0.2, -0.15) is 4.98 Å². The maximum Gasteiger partial charge on any atom is 0.228 e. The van der Waals surface area contributed by atoms with Crippen molar-refractivity contribution < 1.29 is 9.26 Å². The zero-order valence-corrected chi connectivity index (χ0v) is 9.03. The fourth-order valence-electron chi connectivity index (χ4n) is 2.13. The van der Waals surface area contributed by atoms with E-state index in [2.05, 4.69) is 10.1 Å². The van der Waals surface area contributed by atoms with Gasteiger partial charge in [-0.05, 0) is 25.7 Å². The predicted octanol–water partition coefficient (Wildman–Crippen LogP) is 0.986. The van der Waals surface area contributed by atoms with Gasteiger partial charge in [0, 0.05) is 20.1 Å². The number of hydrogen-bond donors (Lipinski definition) is 1. The topological polar surface area (TPSA) is 74.2 Å². The van der Waals surface area contributed by atoms with Crippen LogP contribution in [-0.4, -0.2) is 23.8 Å². The average Bonchev–Trinajstić information content (AvgIpc) is 2.86. The number of hydrogen-bond acceptors (Lipinski definition) is 5. The Balaban J connectivity index is 2.19. The molecule has 0 radical (unpaired) electrons. The van der Waals surface area contributed by atoms with Crippen LogP contribution in [0.4, 0.5) is 0 Å². The van der Waals surface area contributed by atoms with E-state index in [0.717, 1.165) is 25.7 Å². The summed E-state index contributed by atoms with van der Waals surface area (Å²) < 4.78 is 10.7. The van der Waals surface area contributed by atoms with Crippen LogP contribution in [0.1, 0.15) is 37.4 Å². The van der Waals surface area contributed by atoms with Crippen molar-refractivity contribution in [3.05, 3.63) is 11.7 Å². The number of nitrogens with zero attached hydrogens (tertiary/aromatic N) is 2. The van der Waals surface area contributed by atoms with E-state index in [0.29, 0.717) is 24.7 Å². The van der Waals surface area contributed by atoms with Gasteiger partial charge >= 0.3 is 0 Å². The van der Waals surface area contributed by atoms with Crippen LogP contribution in [0.25, 0.3) is 0 Å². The minimum Gasteiger partial charge on any atom is -0.370 e. The Hall–Kier alpha value is -0.940. The summed E-state index contributed by atoms with van der Waals surface area (Å²) >= 11 is 0. The van der Waals surface area contributed by atoms with Crippen LogP contribution >= 0.6 is 0 Å². The highest BCUT2D eigenvalue weighted by Crippen LogP contribution is 2.39. The van der Waals surface area contributed by atoms with Crippen LogP contribution in [0.2, 0.25) is 0 Å². The molecule has 1 aromatic rings. The summed E-state index contributed by atoms with van der Waals surface area (Å²) in [5.74, 6) is 1.29. The van der Waals surface area contributed by atoms with Gasteiger partial charge in [-0.25, -0.2) is 0 Å². The van der Waals surface area contributed by atoms with Gasteiger partial charge in [-0.15, -0.1) is 0 Å². The summed E-state index contributed by atoms with van der Waals surface area (Å²) in [5.41, 5.74) is 5.12. The predicted molar refractivity (Wildman–Crippen MR) is 54.2 cm³/mol. The Morgan fingerprint density at radius 3 is 2.80 bits per heavy atom. The minimum atomic E-state index is -0.309. The first kappa shape index (κ1) is 10.6. The van der Waals surface area contributed by atoms with Crippen molar-refractivity contribution in [3.8, 4) is 0 Å². The molecule has 0 saturated heterocycles. The molecule has 5 heteroatoms. The highest BCUT2D eigenvalue weighted by molar-refractivity contribution is 5.04. The van der Waals surface area contributed by atoms with Crippen LogP contribution < -0.4 is 5.73 Å². The first-order valence-electron chi connectivity index (χ1n) is 5.39. The van der Waals surface area contributed by atoms with Gasteiger partial charge in [0.1, 0.15) is 5.60 Å². The van der Waals surface area contributed by atoms with E-state index < -0.39 is 0 Å². The van der Waals surface area contributed by atoms with E-state index in [1.54, 1.807) is 7.11 Å². The number of ether oxygens (including phenoxy) is 1. The third kappa shape index (κ3) is 1.89. The van der Waals surface area contributed by atoms with E-state index in [1.165, 1.54) is 0 Å². The second kappa shape index (κ2) is 4.28. The summed E-state index contributed by atoms with van der Waals surface area (Å²) in [4.78, 5) is 4.34. The van der Waals surface area contributed by atoms with Crippen molar-refractivity contribution in [3.63, 3.8) is 0 Å². The van der Waals surface area contributed by atoms with Crippen molar-refractivity contribution in [2.24, 2.45) is 5.73 Å². The summed E-state index contributed by atoms with van der Waals surface area (Å²) in [6.07, 6.45) is 4.91. The lowest BCUT2D eigenvalue weighted by Crippen LogP contribution is -2.26. The van der Waals surface area contributed by atoms with Crippen LogP contribution in [-0.2, 0) is 16.8 Å². The normalized spacial score (nSPS) is 19.6. The summed E-state index contributed by atoms with van der Waals surface area (Å²) in [6.45, 7) is 0.529. The van der Waals surface area contributed by atoms with Gasteiger partial charge in [-0.3, -0.25) is 0 Å². The molecule has 0 atom stereocenters. The zero-order valence-electron chi connectivity index (χ0n) is 9.03. The molecule has 0 amide bonds. The molecule has 0 aromatic carbocycles. The molecule has 1 fully saturated rings. The van der Waals surface area contributed by atoms with Crippen molar-refractivity contribution in [2.75, 3.05) is 13.7 Å². The third-order valence-electron chi connectivity index (χ3n) is 3.04. The summed E-state index contributed by atoms with van der Waals surface area (Å²) in [6, 6.07) is 0. The highest BCUT2D eigenvalue weighted by atomic mass is 16.5. The molecule has 0 spiro atoms. The van der Waals surface area contributed by atoms with Crippen molar-refractivity contribution in [1.29, 1.82) is 0 Å². The number of aromatic nitrogens is 2. The summed E-state index contributed by atoms with van der Waals surface area (Å²) in [7, 11) is 1.71. The lowest BCUT2D eigenvalue weighted by Gasteiger charge is -2.22. The monoisotopic (exact) mass is 211 g/mol. The number of methoxy groups -OCH3 is 1. The fraction of sp³-hybridized carbons (Fsp3) is 0.800. The summed E-state index contributed by atoms with van der Waals surface area (Å²) in [5, 5.41) is 3.99. The molecule has 15 heavy (non-hydrogen) atoms. The SMILES string of the molecule is COC1(c2noc(CCN)n2)CCCC1. The lowest BCUT2D eigenvalue weighted by molar-refractivity contribution is -0.0178. The van der Waals surface area contributed by atoms with E-state index in [9.17, 15) is 0 Å². The smallest absolute Gasteiger partial charge is 0.228 e. The average molecular weight is 211 g/mol. The van der Waals surface area contributed by atoms with Crippen molar-refractivity contribution in [2.45, 2.75) is 37.7 Å². The molecule has 0 unspecified atom stereocenters. The van der Waals surface area contributed by atoms with Crippen molar-refractivity contribution in [1.82, 2.24) is 10.1 Å². The quantitative estimate of drug-likeness (QED) is 0.803. The Morgan fingerprint density at radius 2 is 2.20 bits per heavy atom. The number of rotatable bonds is 4. The van der Waals surface area contributed by atoms with Crippen LogP contribution in [0, 0.1) is 0 Å². The second-order valence-electron chi connectivity index (χ2n) is 3.96. The molecule has 0 aliphatic heterocycles. The van der Waals surface area contributed by atoms with Crippen LogP contribution in [0.15, 0.2) is 4.52 Å². The zero-order chi connectivity index (χ0) is 10.7. The van der Waals surface area contributed by atoms with Gasteiger partial charge < -0.3 is 15.0 Å². The van der Waals surface area contributed by atoms with Gasteiger partial charge in [-0.1, -0.05) is 5.16 Å². The standard InChI is InChI=1S/C10H17N3O2/c1-14-10(5-2-3-6-10)9-12-8(4-7-11)15-13-9/h2-7,11H2,1H3. The van der Waals surface area contributed by atoms with Crippen molar-refractivity contribution >= 4 is 0 Å². The van der Waals surface area contributed by atoms with E-state index in [4.69, 9.17) is 15.0 Å². The molecule has 1 saturated carbocycles. The second-order valence-corrected chi connectivity index (χ2v) is 3.96. The molecule has 1 aromatic heterocycles.